The molecule has 4 heteroatoms. The van der Waals surface area contributed by atoms with Gasteiger partial charge in [-0.3, -0.25) is 4.79 Å². The van der Waals surface area contributed by atoms with Crippen molar-refractivity contribution in [3.8, 4) is 5.75 Å². The minimum atomic E-state index is -0.943. The number of carboxylic acid groups (broad SMARTS) is 1. The Morgan fingerprint density at radius 3 is 2.28 bits per heavy atom. The minimum absolute atomic E-state index is 0.0984. The Hall–Kier alpha value is -1.58. The van der Waals surface area contributed by atoms with Gasteiger partial charge in [0.05, 0.1) is 12.0 Å². The smallest absolute Gasteiger partial charge is 0.311 e. The average Bonchev–Trinajstić information content (AvgIpc) is 2.20. The Labute approximate surface area is 107 Å². The van der Waals surface area contributed by atoms with Crippen LogP contribution in [0.4, 0.5) is 4.39 Å². The lowest BCUT2D eigenvalue weighted by molar-refractivity contribution is -0.139. The molecule has 0 bridgehead atoms. The topological polar surface area (TPSA) is 46.5 Å². The number of hydrogen-bond acceptors (Lipinski definition) is 2. The summed E-state index contributed by atoms with van der Waals surface area (Å²) in [6, 6.07) is 4.35. The van der Waals surface area contributed by atoms with Crippen molar-refractivity contribution < 1.29 is 19.0 Å². The summed E-state index contributed by atoms with van der Waals surface area (Å²) >= 11 is 0. The molecule has 1 aromatic rings. The number of carbonyl (C=O) groups is 1. The van der Waals surface area contributed by atoms with Crippen molar-refractivity contribution >= 4 is 5.97 Å². The predicted molar refractivity (Wildman–Crippen MR) is 67.4 cm³/mol. The van der Waals surface area contributed by atoms with E-state index in [4.69, 9.17) is 9.84 Å². The van der Waals surface area contributed by atoms with Gasteiger partial charge >= 0.3 is 5.97 Å². The zero-order valence-corrected chi connectivity index (χ0v) is 11.1. The van der Waals surface area contributed by atoms with E-state index in [0.717, 1.165) is 0 Å². The Morgan fingerprint density at radius 2 is 1.89 bits per heavy atom. The highest BCUT2D eigenvalue weighted by atomic mass is 19.1. The highest BCUT2D eigenvalue weighted by molar-refractivity contribution is 5.76. The third kappa shape index (κ3) is 3.45. The van der Waals surface area contributed by atoms with Crippen LogP contribution in [-0.2, 0) is 4.79 Å². The van der Waals surface area contributed by atoms with E-state index in [9.17, 15) is 9.18 Å². The molecule has 1 unspecified atom stereocenters. The maximum atomic E-state index is 13.8. The molecule has 0 aliphatic carbocycles. The molecule has 0 aromatic heterocycles. The van der Waals surface area contributed by atoms with Crippen molar-refractivity contribution in [1.82, 2.24) is 0 Å². The second-order valence-corrected chi connectivity index (χ2v) is 4.92. The second-order valence-electron chi connectivity index (χ2n) is 4.92. The first-order chi connectivity index (χ1) is 8.32. The fourth-order valence-corrected chi connectivity index (χ4v) is 1.87. The molecule has 0 saturated carbocycles. The summed E-state index contributed by atoms with van der Waals surface area (Å²) in [4.78, 5) is 11.2. The van der Waals surface area contributed by atoms with Gasteiger partial charge < -0.3 is 9.84 Å². The zero-order chi connectivity index (χ0) is 13.9. The summed E-state index contributed by atoms with van der Waals surface area (Å²) in [7, 11) is 0. The molecule has 0 radical (unpaired) electrons. The molecule has 1 N–H and O–H groups in total. The lowest BCUT2D eigenvalue weighted by atomic mass is 9.88. The molecule has 0 heterocycles. The highest BCUT2D eigenvalue weighted by Crippen LogP contribution is 2.28. The van der Waals surface area contributed by atoms with Gasteiger partial charge in [-0.25, -0.2) is 4.39 Å². The summed E-state index contributed by atoms with van der Waals surface area (Å²) in [6.07, 6.45) is -0.120. The Bertz CT molecular complexity index is 427. The molecule has 0 aliphatic rings. The van der Waals surface area contributed by atoms with Crippen LogP contribution in [0.3, 0.4) is 0 Å². The number of aliphatic carboxylic acids is 1. The van der Waals surface area contributed by atoms with Gasteiger partial charge in [-0.05, 0) is 37.5 Å². The van der Waals surface area contributed by atoms with Gasteiger partial charge in [-0.2, -0.15) is 0 Å². The maximum absolute atomic E-state index is 13.8. The van der Waals surface area contributed by atoms with Crippen LogP contribution in [-0.4, -0.2) is 17.2 Å². The quantitative estimate of drug-likeness (QED) is 0.875. The van der Waals surface area contributed by atoms with E-state index in [0.29, 0.717) is 5.56 Å². The van der Waals surface area contributed by atoms with E-state index < -0.39 is 17.7 Å². The predicted octanol–water partition coefficient (Wildman–Crippen LogP) is 3.44. The molecular weight excluding hydrogens is 235 g/mol. The van der Waals surface area contributed by atoms with Crippen LogP contribution in [0.1, 0.15) is 39.2 Å². The van der Waals surface area contributed by atoms with Crippen LogP contribution in [0.2, 0.25) is 0 Å². The number of hydrogen-bond donors (Lipinski definition) is 1. The molecule has 1 rings (SSSR count). The van der Waals surface area contributed by atoms with Gasteiger partial charge in [0, 0.05) is 0 Å². The van der Waals surface area contributed by atoms with Crippen molar-refractivity contribution in [3.05, 3.63) is 29.6 Å². The molecule has 0 fully saturated rings. The summed E-state index contributed by atoms with van der Waals surface area (Å²) in [6.45, 7) is 7.22. The fourth-order valence-electron chi connectivity index (χ4n) is 1.87. The molecule has 0 spiro atoms. The van der Waals surface area contributed by atoms with Crippen molar-refractivity contribution in [2.24, 2.45) is 5.92 Å². The Morgan fingerprint density at radius 1 is 1.28 bits per heavy atom. The molecule has 1 aromatic carbocycles. The molecule has 0 amide bonds. The van der Waals surface area contributed by atoms with Crippen LogP contribution in [0.25, 0.3) is 0 Å². The van der Waals surface area contributed by atoms with Crippen molar-refractivity contribution in [1.29, 1.82) is 0 Å². The van der Waals surface area contributed by atoms with E-state index in [1.807, 2.05) is 13.8 Å². The van der Waals surface area contributed by atoms with E-state index in [-0.39, 0.29) is 17.8 Å². The normalized spacial score (nSPS) is 12.8. The van der Waals surface area contributed by atoms with Crippen LogP contribution >= 0.6 is 0 Å². The summed E-state index contributed by atoms with van der Waals surface area (Å²) < 4.78 is 19.1. The molecule has 100 valence electrons. The molecular formula is C14H19FO3. The first-order valence-electron chi connectivity index (χ1n) is 6.01. The number of halogens is 1. The van der Waals surface area contributed by atoms with E-state index in [1.54, 1.807) is 19.9 Å². The van der Waals surface area contributed by atoms with E-state index >= 15 is 0 Å². The second kappa shape index (κ2) is 5.85. The highest BCUT2D eigenvalue weighted by Gasteiger charge is 2.24. The first-order valence-corrected chi connectivity index (χ1v) is 6.01. The lowest BCUT2D eigenvalue weighted by Crippen LogP contribution is -2.18. The van der Waals surface area contributed by atoms with Gasteiger partial charge in [0.25, 0.3) is 0 Å². The van der Waals surface area contributed by atoms with Crippen LogP contribution in [0.15, 0.2) is 18.2 Å². The third-order valence-electron chi connectivity index (χ3n) is 2.61. The molecule has 18 heavy (non-hydrogen) atoms. The molecule has 0 aliphatic heterocycles. The third-order valence-corrected chi connectivity index (χ3v) is 2.61. The zero-order valence-electron chi connectivity index (χ0n) is 11.1. The monoisotopic (exact) mass is 254 g/mol. The van der Waals surface area contributed by atoms with Crippen LogP contribution in [0, 0.1) is 11.7 Å². The van der Waals surface area contributed by atoms with Gasteiger partial charge in [-0.15, -0.1) is 0 Å². The number of ether oxygens (including phenoxy) is 1. The average molecular weight is 254 g/mol. The standard InChI is InChI=1S/C14H19FO3/c1-8(2)13(14(16)17)10-5-6-12(11(15)7-10)18-9(3)4/h5-9,13H,1-4H3,(H,16,17). The summed E-state index contributed by atoms with van der Waals surface area (Å²) in [5.74, 6) is -2.11. The van der Waals surface area contributed by atoms with E-state index in [1.165, 1.54) is 12.1 Å². The van der Waals surface area contributed by atoms with E-state index in [2.05, 4.69) is 0 Å². The fraction of sp³-hybridized carbons (Fsp3) is 0.500. The molecule has 0 saturated heterocycles. The lowest BCUT2D eigenvalue weighted by Gasteiger charge is -2.18. The SMILES string of the molecule is CC(C)Oc1ccc(C(C(=O)O)C(C)C)cc1F. The summed E-state index contributed by atoms with van der Waals surface area (Å²) in [5.41, 5.74) is 0.464. The van der Waals surface area contributed by atoms with Crippen molar-refractivity contribution in [3.63, 3.8) is 0 Å². The van der Waals surface area contributed by atoms with Crippen molar-refractivity contribution in [2.45, 2.75) is 39.7 Å². The maximum Gasteiger partial charge on any atom is 0.311 e. The number of carboxylic acids is 1. The van der Waals surface area contributed by atoms with Gasteiger partial charge in [0.1, 0.15) is 0 Å². The summed E-state index contributed by atoms with van der Waals surface area (Å²) in [5, 5.41) is 9.15. The molecule has 3 nitrogen and oxygen atoms in total. The van der Waals surface area contributed by atoms with Crippen LogP contribution in [0.5, 0.6) is 5.75 Å². The van der Waals surface area contributed by atoms with Crippen molar-refractivity contribution in [2.75, 3.05) is 0 Å². The Balaban J connectivity index is 3.05. The Kier molecular flexibility index (Phi) is 4.70. The van der Waals surface area contributed by atoms with Gasteiger partial charge in [0.2, 0.25) is 0 Å². The van der Waals surface area contributed by atoms with Gasteiger partial charge in [0.15, 0.2) is 11.6 Å². The number of rotatable bonds is 5. The molecule has 1 atom stereocenters. The minimum Gasteiger partial charge on any atom is -0.488 e. The number of benzene rings is 1. The first kappa shape index (κ1) is 14.5. The van der Waals surface area contributed by atoms with Gasteiger partial charge in [-0.1, -0.05) is 19.9 Å². The van der Waals surface area contributed by atoms with Crippen LogP contribution < -0.4 is 4.74 Å². The largest absolute Gasteiger partial charge is 0.488 e.